The summed E-state index contributed by atoms with van der Waals surface area (Å²) in [6.45, 7) is 6.21. The molecule has 0 spiro atoms. The van der Waals surface area contributed by atoms with Crippen LogP contribution in [0.4, 0.5) is 0 Å². The van der Waals surface area contributed by atoms with E-state index in [2.05, 4.69) is 26.0 Å². The average molecular weight is 420 g/mol. The summed E-state index contributed by atoms with van der Waals surface area (Å²) in [5.74, 6) is 0. The summed E-state index contributed by atoms with van der Waals surface area (Å²) in [4.78, 5) is 0. The van der Waals surface area contributed by atoms with Gasteiger partial charge >= 0.3 is 0 Å². The van der Waals surface area contributed by atoms with E-state index >= 15 is 0 Å². The molecule has 1 radical (unpaired) electrons. The lowest BCUT2D eigenvalue weighted by Crippen LogP contribution is -1.83. The third-order valence-electron chi connectivity index (χ3n) is 6.51. The van der Waals surface area contributed by atoms with Gasteiger partial charge in [0, 0.05) is 0 Å². The van der Waals surface area contributed by atoms with Gasteiger partial charge in [-0.15, -0.1) is 0 Å². The predicted molar refractivity (Wildman–Crippen MR) is 140 cm³/mol. The fourth-order valence-corrected chi connectivity index (χ4v) is 4.37. The monoisotopic (exact) mass is 419 g/mol. The van der Waals surface area contributed by atoms with Gasteiger partial charge in [-0.2, -0.15) is 0 Å². The first-order valence-electron chi connectivity index (χ1n) is 14.4. The van der Waals surface area contributed by atoms with Crippen molar-refractivity contribution in [2.24, 2.45) is 0 Å². The lowest BCUT2D eigenvalue weighted by molar-refractivity contribution is 0.540. The van der Waals surface area contributed by atoms with Crippen molar-refractivity contribution >= 4 is 0 Å². The second kappa shape index (κ2) is 28.7. The Bertz CT molecular complexity index is 303. The van der Waals surface area contributed by atoms with Crippen LogP contribution in [-0.4, -0.2) is 0 Å². The maximum Gasteiger partial charge on any atom is -0.0351 e. The summed E-state index contributed by atoms with van der Waals surface area (Å²) in [5, 5.41) is 0. The molecule has 179 valence electrons. The smallest absolute Gasteiger partial charge is 0.0351 e. The Kier molecular flexibility index (Phi) is 28.5. The molecule has 0 heterocycles. The molecule has 0 aromatic heterocycles. The molecule has 0 atom stereocenters. The SMILES string of the molecule is [CH2]CCCCCCCCCCCC/C=C/CCCCCCCCCCCCCCC. The first-order valence-corrected chi connectivity index (χ1v) is 14.4. The van der Waals surface area contributed by atoms with Crippen LogP contribution in [0.2, 0.25) is 0 Å². The fraction of sp³-hybridized carbons (Fsp3) is 0.900. The highest BCUT2D eigenvalue weighted by Crippen LogP contribution is 2.14. The van der Waals surface area contributed by atoms with E-state index in [4.69, 9.17) is 0 Å². The van der Waals surface area contributed by atoms with Crippen molar-refractivity contribution in [2.45, 2.75) is 174 Å². The zero-order chi connectivity index (χ0) is 21.8. The van der Waals surface area contributed by atoms with E-state index < -0.39 is 0 Å². The van der Waals surface area contributed by atoms with E-state index in [1.165, 1.54) is 161 Å². The number of hydrogen-bond donors (Lipinski definition) is 0. The molecule has 0 nitrogen and oxygen atoms in total. The number of hydrogen-bond acceptors (Lipinski definition) is 0. The van der Waals surface area contributed by atoms with E-state index in [1.807, 2.05) is 0 Å². The predicted octanol–water partition coefficient (Wildman–Crippen LogP) is 11.5. The largest absolute Gasteiger partial charge is 0.0885 e. The molecule has 0 fully saturated rings. The van der Waals surface area contributed by atoms with Crippen LogP contribution in [-0.2, 0) is 0 Å². The molecule has 0 bridgehead atoms. The Hall–Kier alpha value is -0.260. The van der Waals surface area contributed by atoms with Gasteiger partial charge in [-0.05, 0) is 25.7 Å². The van der Waals surface area contributed by atoms with Gasteiger partial charge in [0.05, 0.1) is 0 Å². The third kappa shape index (κ3) is 27.7. The zero-order valence-electron chi connectivity index (χ0n) is 21.2. The summed E-state index contributed by atoms with van der Waals surface area (Å²) in [5.41, 5.74) is 0. The highest BCUT2D eigenvalue weighted by molar-refractivity contribution is 4.81. The molecule has 0 heteroatoms. The quantitative estimate of drug-likeness (QED) is 0.0965. The van der Waals surface area contributed by atoms with Gasteiger partial charge in [0.25, 0.3) is 0 Å². The van der Waals surface area contributed by atoms with Crippen molar-refractivity contribution in [3.63, 3.8) is 0 Å². The van der Waals surface area contributed by atoms with E-state index in [9.17, 15) is 0 Å². The summed E-state index contributed by atoms with van der Waals surface area (Å²) < 4.78 is 0. The maximum absolute atomic E-state index is 3.91. The minimum absolute atomic E-state index is 1.12. The molecule has 0 saturated heterocycles. The van der Waals surface area contributed by atoms with E-state index in [-0.39, 0.29) is 0 Å². The van der Waals surface area contributed by atoms with Crippen LogP contribution in [0.1, 0.15) is 174 Å². The fourth-order valence-electron chi connectivity index (χ4n) is 4.37. The molecule has 0 aromatic carbocycles. The molecule has 0 saturated carbocycles. The third-order valence-corrected chi connectivity index (χ3v) is 6.51. The van der Waals surface area contributed by atoms with Gasteiger partial charge in [-0.25, -0.2) is 0 Å². The Balaban J connectivity index is 3.06. The van der Waals surface area contributed by atoms with Crippen molar-refractivity contribution in [1.82, 2.24) is 0 Å². The van der Waals surface area contributed by atoms with Crippen LogP contribution in [0.5, 0.6) is 0 Å². The Morgan fingerprint density at radius 1 is 0.367 bits per heavy atom. The second-order valence-corrected chi connectivity index (χ2v) is 9.68. The van der Waals surface area contributed by atoms with Crippen molar-refractivity contribution in [3.05, 3.63) is 19.1 Å². The Morgan fingerprint density at radius 2 is 0.633 bits per heavy atom. The van der Waals surface area contributed by atoms with Crippen LogP contribution in [0.25, 0.3) is 0 Å². The van der Waals surface area contributed by atoms with Crippen molar-refractivity contribution < 1.29 is 0 Å². The second-order valence-electron chi connectivity index (χ2n) is 9.68. The average Bonchev–Trinajstić information content (AvgIpc) is 2.76. The number of allylic oxidation sites excluding steroid dienone is 2. The molecule has 0 amide bonds. The molecule has 30 heavy (non-hydrogen) atoms. The van der Waals surface area contributed by atoms with Gasteiger partial charge in [0.15, 0.2) is 0 Å². The molecule has 0 aliphatic heterocycles. The van der Waals surface area contributed by atoms with Crippen molar-refractivity contribution in [1.29, 1.82) is 0 Å². The summed E-state index contributed by atoms with van der Waals surface area (Å²) in [6, 6.07) is 0. The van der Waals surface area contributed by atoms with Gasteiger partial charge < -0.3 is 0 Å². The molecule has 0 aliphatic carbocycles. The lowest BCUT2D eigenvalue weighted by Gasteiger charge is -2.02. The standard InChI is InChI=1S/C30H59/c1-3-5-7-9-11-13-15-17-19-21-23-25-27-29-30-28-26-24-22-20-18-16-14-12-10-8-6-4-2/h27,29H,1,3-26,28,30H2,2H3/b29-27+. The number of unbranched alkanes of at least 4 members (excludes halogenated alkanes) is 24. The molecule has 0 rings (SSSR count). The van der Waals surface area contributed by atoms with Crippen LogP contribution < -0.4 is 0 Å². The van der Waals surface area contributed by atoms with E-state index in [0.717, 1.165) is 6.42 Å². The first-order chi connectivity index (χ1) is 14.9. The van der Waals surface area contributed by atoms with Gasteiger partial charge in [-0.3, -0.25) is 0 Å². The molecule has 0 N–H and O–H groups in total. The summed E-state index contributed by atoms with van der Waals surface area (Å²) in [6.07, 6.45) is 41.8. The molecule has 0 aromatic rings. The highest BCUT2D eigenvalue weighted by Gasteiger charge is 1.94. The van der Waals surface area contributed by atoms with Gasteiger partial charge in [-0.1, -0.05) is 167 Å². The normalized spacial score (nSPS) is 11.7. The molecular formula is C30H59. The van der Waals surface area contributed by atoms with Crippen molar-refractivity contribution in [2.75, 3.05) is 0 Å². The summed E-state index contributed by atoms with van der Waals surface area (Å²) >= 11 is 0. The zero-order valence-corrected chi connectivity index (χ0v) is 21.2. The van der Waals surface area contributed by atoms with Crippen LogP contribution >= 0.6 is 0 Å². The van der Waals surface area contributed by atoms with Gasteiger partial charge in [0.2, 0.25) is 0 Å². The highest BCUT2D eigenvalue weighted by atomic mass is 14.0. The van der Waals surface area contributed by atoms with Crippen LogP contribution in [0.3, 0.4) is 0 Å². The van der Waals surface area contributed by atoms with Gasteiger partial charge in [0.1, 0.15) is 0 Å². The van der Waals surface area contributed by atoms with Crippen LogP contribution in [0, 0.1) is 6.92 Å². The Morgan fingerprint density at radius 3 is 0.933 bits per heavy atom. The molecule has 0 unspecified atom stereocenters. The Labute approximate surface area is 193 Å². The van der Waals surface area contributed by atoms with Crippen molar-refractivity contribution in [3.8, 4) is 0 Å². The maximum atomic E-state index is 3.91. The molecule has 0 aliphatic rings. The summed E-state index contributed by atoms with van der Waals surface area (Å²) in [7, 11) is 0. The van der Waals surface area contributed by atoms with E-state index in [1.54, 1.807) is 0 Å². The first kappa shape index (κ1) is 29.7. The lowest BCUT2D eigenvalue weighted by atomic mass is 10.0. The minimum Gasteiger partial charge on any atom is -0.0885 e. The number of rotatable bonds is 26. The van der Waals surface area contributed by atoms with Crippen LogP contribution in [0.15, 0.2) is 12.2 Å². The minimum atomic E-state index is 1.12. The van der Waals surface area contributed by atoms with E-state index in [0.29, 0.717) is 0 Å². The topological polar surface area (TPSA) is 0 Å². The molecular weight excluding hydrogens is 360 g/mol.